The van der Waals surface area contributed by atoms with Crippen LogP contribution < -0.4 is 4.74 Å². The van der Waals surface area contributed by atoms with Crippen LogP contribution in [0.15, 0.2) is 24.3 Å². The van der Waals surface area contributed by atoms with Gasteiger partial charge in [-0.15, -0.1) is 13.2 Å². The number of alkyl halides is 3. The number of rotatable bonds is 5. The summed E-state index contributed by atoms with van der Waals surface area (Å²) in [6.45, 7) is 1.98. The van der Waals surface area contributed by atoms with E-state index in [0.717, 1.165) is 50.7 Å². The van der Waals surface area contributed by atoms with Crippen molar-refractivity contribution in [2.75, 3.05) is 0 Å². The van der Waals surface area contributed by atoms with Crippen LogP contribution in [-0.4, -0.2) is 6.36 Å². The normalized spacial score (nSPS) is 22.1. The second kappa shape index (κ2) is 7.99. The zero-order chi connectivity index (χ0) is 17.7. The van der Waals surface area contributed by atoms with Gasteiger partial charge in [0.2, 0.25) is 5.75 Å². The van der Waals surface area contributed by atoms with Crippen molar-refractivity contribution >= 4 is 0 Å². The molecule has 2 rings (SSSR count). The molecule has 1 fully saturated rings. The fraction of sp³-hybridized carbons (Fsp3) is 0.556. The van der Waals surface area contributed by atoms with Crippen molar-refractivity contribution < 1.29 is 26.7 Å². The second-order valence-corrected chi connectivity index (χ2v) is 6.23. The highest BCUT2D eigenvalue weighted by Gasteiger charge is 2.34. The Balaban J connectivity index is 2.01. The molecule has 0 radical (unpaired) electrons. The number of benzene rings is 1. The lowest BCUT2D eigenvalue weighted by atomic mass is 9.77. The molecule has 0 heterocycles. The fourth-order valence-corrected chi connectivity index (χ4v) is 3.31. The Kier molecular flexibility index (Phi) is 6.24. The van der Waals surface area contributed by atoms with Crippen molar-refractivity contribution in [3.8, 4) is 5.75 Å². The molecular formula is C18H21F5O. The van der Waals surface area contributed by atoms with Crippen molar-refractivity contribution in [1.82, 2.24) is 0 Å². The summed E-state index contributed by atoms with van der Waals surface area (Å²) in [5, 5.41) is 0. The molecule has 0 saturated heterocycles. The molecule has 0 aliphatic heterocycles. The standard InChI is InChI=1S/C18H21F5O/c1-2-3-4-5-12-6-8-13(9-7-12)14-10-15(19)17(16(20)11-14)24-18(21,22)23/h2-3,10-13H,4-9H2,1H3/b3-2+/t12-,13-. The van der Waals surface area contributed by atoms with Gasteiger partial charge in [-0.3, -0.25) is 0 Å². The summed E-state index contributed by atoms with van der Waals surface area (Å²) >= 11 is 0. The maximum absolute atomic E-state index is 13.8. The topological polar surface area (TPSA) is 9.23 Å². The summed E-state index contributed by atoms with van der Waals surface area (Å²) in [5.74, 6) is -3.42. The van der Waals surface area contributed by atoms with E-state index in [4.69, 9.17) is 0 Å². The molecule has 0 atom stereocenters. The quantitative estimate of drug-likeness (QED) is 0.436. The van der Waals surface area contributed by atoms with Crippen LogP contribution in [0.5, 0.6) is 5.75 Å². The lowest BCUT2D eigenvalue weighted by molar-refractivity contribution is -0.276. The smallest absolute Gasteiger partial charge is 0.399 e. The van der Waals surface area contributed by atoms with Gasteiger partial charge in [-0.05, 0) is 75.0 Å². The third kappa shape index (κ3) is 5.21. The van der Waals surface area contributed by atoms with Crippen molar-refractivity contribution in [2.45, 2.75) is 57.7 Å². The van der Waals surface area contributed by atoms with E-state index in [9.17, 15) is 22.0 Å². The van der Waals surface area contributed by atoms with Gasteiger partial charge in [-0.25, -0.2) is 8.78 Å². The maximum Gasteiger partial charge on any atom is 0.573 e. The zero-order valence-electron chi connectivity index (χ0n) is 13.5. The van der Waals surface area contributed by atoms with Gasteiger partial charge in [-0.2, -0.15) is 0 Å². The van der Waals surface area contributed by atoms with Gasteiger partial charge < -0.3 is 4.74 Å². The van der Waals surface area contributed by atoms with Crippen LogP contribution in [0.25, 0.3) is 0 Å². The van der Waals surface area contributed by atoms with E-state index < -0.39 is 23.7 Å². The number of hydrogen-bond acceptors (Lipinski definition) is 1. The summed E-state index contributed by atoms with van der Waals surface area (Å²) in [5.41, 5.74) is 0.409. The molecule has 0 unspecified atom stereocenters. The van der Waals surface area contributed by atoms with Crippen molar-refractivity contribution in [2.24, 2.45) is 5.92 Å². The summed E-state index contributed by atoms with van der Waals surface area (Å²) in [7, 11) is 0. The monoisotopic (exact) mass is 348 g/mol. The first-order chi connectivity index (χ1) is 11.3. The first-order valence-corrected chi connectivity index (χ1v) is 8.16. The molecule has 1 aliphatic rings. The molecule has 1 aliphatic carbocycles. The molecule has 0 amide bonds. The molecule has 1 aromatic rings. The average Bonchev–Trinajstić information content (AvgIpc) is 2.51. The van der Waals surface area contributed by atoms with Crippen LogP contribution >= 0.6 is 0 Å². The SMILES string of the molecule is C/C=C/CC[C@H]1CC[C@H](c2cc(F)c(OC(F)(F)F)c(F)c2)CC1. The summed E-state index contributed by atoms with van der Waals surface area (Å²) in [6.07, 6.45) is 4.65. The minimum atomic E-state index is -5.12. The molecule has 1 saturated carbocycles. The van der Waals surface area contributed by atoms with E-state index in [1.807, 2.05) is 13.0 Å². The third-order valence-electron chi connectivity index (χ3n) is 4.53. The largest absolute Gasteiger partial charge is 0.573 e. The van der Waals surface area contributed by atoms with Gasteiger partial charge in [0.15, 0.2) is 11.6 Å². The molecule has 0 N–H and O–H groups in total. The first-order valence-electron chi connectivity index (χ1n) is 8.16. The molecule has 24 heavy (non-hydrogen) atoms. The Bertz CT molecular complexity index is 548. The highest BCUT2D eigenvalue weighted by Crippen LogP contribution is 2.39. The van der Waals surface area contributed by atoms with Crippen molar-refractivity contribution in [1.29, 1.82) is 0 Å². The van der Waals surface area contributed by atoms with E-state index >= 15 is 0 Å². The van der Waals surface area contributed by atoms with Gasteiger partial charge in [0, 0.05) is 0 Å². The van der Waals surface area contributed by atoms with E-state index in [-0.39, 0.29) is 5.92 Å². The van der Waals surface area contributed by atoms with Gasteiger partial charge in [0.25, 0.3) is 0 Å². The summed E-state index contributed by atoms with van der Waals surface area (Å²) in [4.78, 5) is 0. The van der Waals surface area contributed by atoms with Crippen LogP contribution in [0, 0.1) is 17.6 Å². The molecule has 0 aromatic heterocycles. The van der Waals surface area contributed by atoms with Gasteiger partial charge in [0.05, 0.1) is 0 Å². The molecule has 0 spiro atoms. The van der Waals surface area contributed by atoms with Crippen LogP contribution in [0.2, 0.25) is 0 Å². The predicted octanol–water partition coefficient (Wildman–Crippen LogP) is 6.49. The third-order valence-corrected chi connectivity index (χ3v) is 4.53. The Morgan fingerprint density at radius 2 is 1.67 bits per heavy atom. The Labute approximate surface area is 138 Å². The van der Waals surface area contributed by atoms with Crippen molar-refractivity contribution in [3.05, 3.63) is 41.5 Å². The predicted molar refractivity (Wildman–Crippen MR) is 81.8 cm³/mol. The van der Waals surface area contributed by atoms with E-state index in [0.29, 0.717) is 11.5 Å². The number of allylic oxidation sites excluding steroid dienone is 2. The lowest BCUT2D eigenvalue weighted by Crippen LogP contribution is -2.19. The van der Waals surface area contributed by atoms with Gasteiger partial charge >= 0.3 is 6.36 Å². The molecule has 134 valence electrons. The number of halogens is 5. The minimum absolute atomic E-state index is 0.0214. The van der Waals surface area contributed by atoms with E-state index in [1.165, 1.54) is 0 Å². The Morgan fingerprint density at radius 3 is 2.17 bits per heavy atom. The first kappa shape index (κ1) is 18.7. The highest BCUT2D eigenvalue weighted by molar-refractivity contribution is 5.33. The molecular weight excluding hydrogens is 327 g/mol. The molecule has 6 heteroatoms. The van der Waals surface area contributed by atoms with Crippen LogP contribution in [0.4, 0.5) is 22.0 Å². The fourth-order valence-electron chi connectivity index (χ4n) is 3.31. The highest BCUT2D eigenvalue weighted by atomic mass is 19.4. The maximum atomic E-state index is 13.8. The van der Waals surface area contributed by atoms with E-state index in [1.54, 1.807) is 0 Å². The number of hydrogen-bond donors (Lipinski definition) is 0. The Hall–Kier alpha value is -1.59. The van der Waals surface area contributed by atoms with E-state index in [2.05, 4.69) is 10.8 Å². The lowest BCUT2D eigenvalue weighted by Gasteiger charge is -2.29. The molecule has 1 aromatic carbocycles. The Morgan fingerprint density at radius 1 is 1.08 bits per heavy atom. The second-order valence-electron chi connectivity index (χ2n) is 6.23. The zero-order valence-corrected chi connectivity index (χ0v) is 13.5. The van der Waals surface area contributed by atoms with Crippen molar-refractivity contribution in [3.63, 3.8) is 0 Å². The van der Waals surface area contributed by atoms with Crippen LogP contribution in [0.3, 0.4) is 0 Å². The minimum Gasteiger partial charge on any atom is -0.399 e. The van der Waals surface area contributed by atoms with Crippen LogP contribution in [-0.2, 0) is 0 Å². The molecule has 1 nitrogen and oxygen atoms in total. The number of ether oxygens (including phenoxy) is 1. The summed E-state index contributed by atoms with van der Waals surface area (Å²) < 4.78 is 67.5. The van der Waals surface area contributed by atoms with Gasteiger partial charge in [0.1, 0.15) is 0 Å². The molecule has 0 bridgehead atoms. The average molecular weight is 348 g/mol. The van der Waals surface area contributed by atoms with Gasteiger partial charge in [-0.1, -0.05) is 12.2 Å². The summed E-state index contributed by atoms with van der Waals surface area (Å²) in [6, 6.07) is 1.93. The van der Waals surface area contributed by atoms with Crippen LogP contribution in [0.1, 0.15) is 56.9 Å².